The maximum absolute atomic E-state index is 12.8. The third kappa shape index (κ3) is 3.61. The highest BCUT2D eigenvalue weighted by Crippen LogP contribution is 2.27. The van der Waals surface area contributed by atoms with Crippen LogP contribution in [0.2, 0.25) is 0 Å². The summed E-state index contributed by atoms with van der Waals surface area (Å²) >= 11 is 0. The van der Waals surface area contributed by atoms with Crippen LogP contribution in [-0.2, 0) is 7.05 Å². The van der Waals surface area contributed by atoms with Crippen molar-refractivity contribution in [2.75, 3.05) is 27.2 Å². The molecule has 7 nitrogen and oxygen atoms in total. The second-order valence-corrected chi connectivity index (χ2v) is 7.06. The summed E-state index contributed by atoms with van der Waals surface area (Å²) in [5, 5.41) is 4.27. The molecular formula is C19H25N5O2. The number of hydrogen-bond donors (Lipinski definition) is 0. The number of aromatic nitrogens is 3. The molecule has 3 rings (SSSR count). The maximum atomic E-state index is 12.8. The van der Waals surface area contributed by atoms with Crippen LogP contribution in [0.3, 0.4) is 0 Å². The van der Waals surface area contributed by atoms with Gasteiger partial charge in [0.05, 0.1) is 16.8 Å². The zero-order chi connectivity index (χ0) is 18.8. The Kier molecular flexibility index (Phi) is 5.06. The maximum Gasteiger partial charge on any atom is 0.257 e. The van der Waals surface area contributed by atoms with Gasteiger partial charge in [0, 0.05) is 58.2 Å². The molecule has 138 valence electrons. The number of carbonyl (C=O) groups excluding carboxylic acids is 2. The molecule has 7 heteroatoms. The molecule has 26 heavy (non-hydrogen) atoms. The van der Waals surface area contributed by atoms with E-state index in [2.05, 4.69) is 10.1 Å². The van der Waals surface area contributed by atoms with Gasteiger partial charge in [0.15, 0.2) is 0 Å². The number of hydrogen-bond acceptors (Lipinski definition) is 4. The zero-order valence-corrected chi connectivity index (χ0v) is 15.8. The lowest BCUT2D eigenvalue weighted by Crippen LogP contribution is -2.39. The van der Waals surface area contributed by atoms with Gasteiger partial charge < -0.3 is 9.80 Å². The number of piperidine rings is 1. The average molecular weight is 355 g/mol. The molecule has 0 aromatic carbocycles. The molecular weight excluding hydrogens is 330 g/mol. The Hall–Kier alpha value is -2.70. The van der Waals surface area contributed by atoms with Gasteiger partial charge in [0.25, 0.3) is 11.8 Å². The molecule has 2 aromatic rings. The zero-order valence-electron chi connectivity index (χ0n) is 15.8. The molecule has 0 bridgehead atoms. The van der Waals surface area contributed by atoms with Crippen molar-refractivity contribution in [2.24, 2.45) is 7.05 Å². The molecule has 1 aliphatic rings. The van der Waals surface area contributed by atoms with E-state index in [-0.39, 0.29) is 17.7 Å². The normalized spacial score (nSPS) is 17.2. The monoisotopic (exact) mass is 355 g/mol. The summed E-state index contributed by atoms with van der Waals surface area (Å²) in [6.45, 7) is 3.25. The number of carbonyl (C=O) groups is 2. The highest BCUT2D eigenvalue weighted by molar-refractivity contribution is 5.95. The van der Waals surface area contributed by atoms with Crippen LogP contribution in [0.25, 0.3) is 0 Å². The quantitative estimate of drug-likeness (QED) is 0.842. The Balaban J connectivity index is 1.73. The van der Waals surface area contributed by atoms with Gasteiger partial charge in [-0.05, 0) is 31.9 Å². The standard InChI is InChI=1S/C19H25N5O2/c1-13-16(12-23(4)21-13)19(26)24-9-5-6-15(11-24)17-8-7-14(10-20-17)18(25)22(2)3/h7-8,10,12,15H,5-6,9,11H2,1-4H3/t15-/m1/s1. The van der Waals surface area contributed by atoms with Gasteiger partial charge in [-0.2, -0.15) is 5.10 Å². The van der Waals surface area contributed by atoms with Gasteiger partial charge in [-0.1, -0.05) is 0 Å². The molecule has 0 radical (unpaired) electrons. The summed E-state index contributed by atoms with van der Waals surface area (Å²) in [6, 6.07) is 3.72. The van der Waals surface area contributed by atoms with Gasteiger partial charge in [-0.3, -0.25) is 19.3 Å². The van der Waals surface area contributed by atoms with E-state index in [0.29, 0.717) is 17.7 Å². The van der Waals surface area contributed by atoms with Gasteiger partial charge >= 0.3 is 0 Å². The third-order valence-electron chi connectivity index (χ3n) is 4.81. The fourth-order valence-electron chi connectivity index (χ4n) is 3.41. The first-order valence-electron chi connectivity index (χ1n) is 8.84. The van der Waals surface area contributed by atoms with Crippen molar-refractivity contribution in [2.45, 2.75) is 25.7 Å². The highest BCUT2D eigenvalue weighted by atomic mass is 16.2. The first-order valence-corrected chi connectivity index (χ1v) is 8.84. The van der Waals surface area contributed by atoms with E-state index in [1.54, 1.807) is 31.2 Å². The van der Waals surface area contributed by atoms with E-state index in [4.69, 9.17) is 0 Å². The predicted molar refractivity (Wildman–Crippen MR) is 98.1 cm³/mol. The topological polar surface area (TPSA) is 71.3 Å². The molecule has 1 aliphatic heterocycles. The molecule has 2 aromatic heterocycles. The Morgan fingerprint density at radius 2 is 2.04 bits per heavy atom. The molecule has 0 unspecified atom stereocenters. The first kappa shape index (κ1) is 18.1. The highest BCUT2D eigenvalue weighted by Gasteiger charge is 2.28. The second-order valence-electron chi connectivity index (χ2n) is 7.06. The lowest BCUT2D eigenvalue weighted by atomic mass is 9.93. The average Bonchev–Trinajstić information content (AvgIpc) is 2.98. The van der Waals surface area contributed by atoms with Crippen LogP contribution in [0.1, 0.15) is 50.9 Å². The van der Waals surface area contributed by atoms with Gasteiger partial charge in [0.1, 0.15) is 0 Å². The fraction of sp³-hybridized carbons (Fsp3) is 0.474. The Labute approximate surface area is 153 Å². The predicted octanol–water partition coefficient (Wildman–Crippen LogP) is 1.85. The molecule has 1 atom stereocenters. The van der Waals surface area contributed by atoms with E-state index in [1.807, 2.05) is 31.0 Å². The van der Waals surface area contributed by atoms with Crippen LogP contribution < -0.4 is 0 Å². The molecule has 0 N–H and O–H groups in total. The van der Waals surface area contributed by atoms with Gasteiger partial charge in [0.2, 0.25) is 0 Å². The van der Waals surface area contributed by atoms with E-state index < -0.39 is 0 Å². The number of aryl methyl sites for hydroxylation is 2. The van der Waals surface area contributed by atoms with Crippen molar-refractivity contribution in [3.8, 4) is 0 Å². The van der Waals surface area contributed by atoms with Crippen LogP contribution in [-0.4, -0.2) is 63.6 Å². The molecule has 1 saturated heterocycles. The number of amides is 2. The third-order valence-corrected chi connectivity index (χ3v) is 4.81. The fourth-order valence-corrected chi connectivity index (χ4v) is 3.41. The van der Waals surface area contributed by atoms with E-state index in [1.165, 1.54) is 4.90 Å². The first-order chi connectivity index (χ1) is 12.4. The Bertz CT molecular complexity index is 810. The molecule has 1 fully saturated rings. The number of likely N-dealkylation sites (tertiary alicyclic amines) is 1. The summed E-state index contributed by atoms with van der Waals surface area (Å²) in [7, 11) is 5.27. The Morgan fingerprint density at radius 1 is 1.27 bits per heavy atom. The lowest BCUT2D eigenvalue weighted by Gasteiger charge is -2.32. The summed E-state index contributed by atoms with van der Waals surface area (Å²) in [6.07, 6.45) is 5.34. The SMILES string of the molecule is Cc1nn(C)cc1C(=O)N1CCC[C@@H](c2ccc(C(=O)N(C)C)cn2)C1. The Morgan fingerprint density at radius 3 is 2.62 bits per heavy atom. The van der Waals surface area contributed by atoms with Crippen molar-refractivity contribution in [1.29, 1.82) is 0 Å². The second kappa shape index (κ2) is 7.27. The van der Waals surface area contributed by atoms with Gasteiger partial charge in [-0.15, -0.1) is 0 Å². The van der Waals surface area contributed by atoms with E-state index in [9.17, 15) is 9.59 Å². The van der Waals surface area contributed by atoms with Crippen LogP contribution in [0, 0.1) is 6.92 Å². The van der Waals surface area contributed by atoms with E-state index in [0.717, 1.165) is 30.8 Å². The van der Waals surface area contributed by atoms with Crippen LogP contribution in [0.15, 0.2) is 24.5 Å². The minimum Gasteiger partial charge on any atom is -0.345 e. The van der Waals surface area contributed by atoms with Crippen molar-refractivity contribution >= 4 is 11.8 Å². The molecule has 0 aliphatic carbocycles. The van der Waals surface area contributed by atoms with Crippen LogP contribution in [0.5, 0.6) is 0 Å². The summed E-state index contributed by atoms with van der Waals surface area (Å²) in [4.78, 5) is 32.7. The summed E-state index contributed by atoms with van der Waals surface area (Å²) < 4.78 is 1.67. The van der Waals surface area contributed by atoms with Crippen molar-refractivity contribution in [3.05, 3.63) is 47.0 Å². The van der Waals surface area contributed by atoms with Crippen molar-refractivity contribution < 1.29 is 9.59 Å². The minimum atomic E-state index is -0.0587. The summed E-state index contributed by atoms with van der Waals surface area (Å²) in [5.41, 5.74) is 2.92. The van der Waals surface area contributed by atoms with Crippen LogP contribution >= 0.6 is 0 Å². The van der Waals surface area contributed by atoms with Crippen molar-refractivity contribution in [1.82, 2.24) is 24.6 Å². The molecule has 3 heterocycles. The lowest BCUT2D eigenvalue weighted by molar-refractivity contribution is 0.0705. The van der Waals surface area contributed by atoms with Crippen LogP contribution in [0.4, 0.5) is 0 Å². The number of rotatable bonds is 3. The molecule has 0 saturated carbocycles. The molecule has 2 amide bonds. The van der Waals surface area contributed by atoms with Gasteiger partial charge in [-0.25, -0.2) is 0 Å². The van der Waals surface area contributed by atoms with E-state index >= 15 is 0 Å². The summed E-state index contributed by atoms with van der Waals surface area (Å²) in [5.74, 6) is 0.157. The number of nitrogens with zero attached hydrogens (tertiary/aromatic N) is 5. The smallest absolute Gasteiger partial charge is 0.257 e. The largest absolute Gasteiger partial charge is 0.345 e. The molecule has 0 spiro atoms. The minimum absolute atomic E-state index is 0.0275. The van der Waals surface area contributed by atoms with Crippen molar-refractivity contribution in [3.63, 3.8) is 0 Å². The number of pyridine rings is 1.